The molecule has 7 nitrogen and oxygen atoms in total. The number of nitro groups is 1. The number of carboxylic acid groups (broad SMARTS) is 1. The van der Waals surface area contributed by atoms with Gasteiger partial charge in [0.1, 0.15) is 6.04 Å². The molecule has 1 aromatic rings. The Morgan fingerprint density at radius 2 is 2.39 bits per heavy atom. The predicted octanol–water partition coefficient (Wildman–Crippen LogP) is 1.35. The van der Waals surface area contributed by atoms with E-state index in [0.29, 0.717) is 24.9 Å². The zero-order valence-corrected chi connectivity index (χ0v) is 9.87. The van der Waals surface area contributed by atoms with Crippen molar-refractivity contribution >= 4 is 17.5 Å². The highest BCUT2D eigenvalue weighted by Gasteiger charge is 2.35. The van der Waals surface area contributed by atoms with Crippen LogP contribution in [0.25, 0.3) is 0 Å². The van der Waals surface area contributed by atoms with Gasteiger partial charge in [0.25, 0.3) is 0 Å². The Bertz CT molecular complexity index is 503. The van der Waals surface area contributed by atoms with Gasteiger partial charge in [0.15, 0.2) is 0 Å². The van der Waals surface area contributed by atoms with Gasteiger partial charge in [0.05, 0.1) is 4.92 Å². The zero-order chi connectivity index (χ0) is 13.3. The van der Waals surface area contributed by atoms with Gasteiger partial charge in [0.2, 0.25) is 5.82 Å². The normalized spacial score (nSPS) is 18.9. The quantitative estimate of drug-likeness (QED) is 0.643. The van der Waals surface area contributed by atoms with Crippen molar-refractivity contribution in [2.24, 2.45) is 0 Å². The average molecular weight is 251 g/mol. The maximum absolute atomic E-state index is 11.1. The highest BCUT2D eigenvalue weighted by atomic mass is 16.6. The smallest absolute Gasteiger partial charge is 0.326 e. The molecular weight excluding hydrogens is 238 g/mol. The molecule has 18 heavy (non-hydrogen) atoms. The number of rotatable bonds is 3. The van der Waals surface area contributed by atoms with Crippen molar-refractivity contribution in [1.82, 2.24) is 4.98 Å². The fraction of sp³-hybridized carbons (Fsp3) is 0.455. The van der Waals surface area contributed by atoms with Gasteiger partial charge in [-0.1, -0.05) is 0 Å². The molecule has 1 aliphatic rings. The van der Waals surface area contributed by atoms with Crippen LogP contribution >= 0.6 is 0 Å². The third kappa shape index (κ3) is 2.11. The number of nitrogens with zero attached hydrogens (tertiary/aromatic N) is 3. The van der Waals surface area contributed by atoms with Crippen molar-refractivity contribution in [2.45, 2.75) is 25.8 Å². The molecule has 1 saturated heterocycles. The number of hydrogen-bond donors (Lipinski definition) is 1. The lowest BCUT2D eigenvalue weighted by Gasteiger charge is -2.22. The Labute approximate surface area is 103 Å². The summed E-state index contributed by atoms with van der Waals surface area (Å²) in [5.74, 6) is -0.820. The number of pyridine rings is 1. The number of hydrogen-bond acceptors (Lipinski definition) is 5. The van der Waals surface area contributed by atoms with Crippen molar-refractivity contribution in [3.63, 3.8) is 0 Å². The summed E-state index contributed by atoms with van der Waals surface area (Å²) in [6.07, 6.45) is 2.70. The van der Waals surface area contributed by atoms with E-state index in [-0.39, 0.29) is 11.5 Å². The van der Waals surface area contributed by atoms with Gasteiger partial charge in [-0.05, 0) is 25.3 Å². The van der Waals surface area contributed by atoms with E-state index in [9.17, 15) is 14.9 Å². The van der Waals surface area contributed by atoms with Crippen LogP contribution in [0.3, 0.4) is 0 Å². The van der Waals surface area contributed by atoms with Crippen LogP contribution in [0.2, 0.25) is 0 Å². The number of carbonyl (C=O) groups is 1. The van der Waals surface area contributed by atoms with Gasteiger partial charge in [0, 0.05) is 18.8 Å². The minimum Gasteiger partial charge on any atom is -0.480 e. The molecule has 0 unspecified atom stereocenters. The number of anilines is 1. The highest BCUT2D eigenvalue weighted by Crippen LogP contribution is 2.32. The summed E-state index contributed by atoms with van der Waals surface area (Å²) in [6, 6.07) is 0.693. The van der Waals surface area contributed by atoms with Gasteiger partial charge in [-0.15, -0.1) is 0 Å². The first kappa shape index (κ1) is 12.3. The van der Waals surface area contributed by atoms with Crippen molar-refractivity contribution in [2.75, 3.05) is 11.4 Å². The van der Waals surface area contributed by atoms with Crippen LogP contribution in [0, 0.1) is 17.0 Å². The van der Waals surface area contributed by atoms with E-state index >= 15 is 0 Å². The lowest BCUT2D eigenvalue weighted by molar-refractivity contribution is -0.384. The molecule has 0 bridgehead atoms. The van der Waals surface area contributed by atoms with Gasteiger partial charge in [-0.3, -0.25) is 10.1 Å². The minimum absolute atomic E-state index is 0.136. The average Bonchev–Trinajstić information content (AvgIpc) is 2.77. The molecule has 2 heterocycles. The molecule has 7 heteroatoms. The van der Waals surface area contributed by atoms with E-state index in [2.05, 4.69) is 4.98 Å². The molecule has 0 aliphatic carbocycles. The highest BCUT2D eigenvalue weighted by molar-refractivity contribution is 5.79. The molecule has 0 saturated carbocycles. The first-order valence-corrected chi connectivity index (χ1v) is 5.61. The SMILES string of the molecule is Cc1cnc(N2CCC[C@H]2C(=O)O)c([N+](=O)[O-])c1. The lowest BCUT2D eigenvalue weighted by atomic mass is 10.2. The van der Waals surface area contributed by atoms with E-state index in [0.717, 1.165) is 0 Å². The molecule has 1 N–H and O–H groups in total. The summed E-state index contributed by atoms with van der Waals surface area (Å²) in [6.45, 7) is 2.19. The van der Waals surface area contributed by atoms with Crippen LogP contribution < -0.4 is 4.90 Å². The van der Waals surface area contributed by atoms with Crippen LogP contribution in [-0.2, 0) is 4.79 Å². The molecule has 1 fully saturated rings. The van der Waals surface area contributed by atoms with E-state index in [4.69, 9.17) is 5.11 Å². The summed E-state index contributed by atoms with van der Waals surface area (Å²) in [4.78, 5) is 27.1. The van der Waals surface area contributed by atoms with Gasteiger partial charge < -0.3 is 10.0 Å². The van der Waals surface area contributed by atoms with Gasteiger partial charge in [-0.2, -0.15) is 0 Å². The van der Waals surface area contributed by atoms with E-state index in [1.54, 1.807) is 6.92 Å². The van der Waals surface area contributed by atoms with Crippen LogP contribution in [0.5, 0.6) is 0 Å². The second-order valence-electron chi connectivity index (χ2n) is 4.30. The third-order valence-electron chi connectivity index (χ3n) is 2.99. The Hall–Kier alpha value is -2.18. The van der Waals surface area contributed by atoms with Crippen molar-refractivity contribution in [3.8, 4) is 0 Å². The van der Waals surface area contributed by atoms with Crippen molar-refractivity contribution < 1.29 is 14.8 Å². The standard InChI is InChI=1S/C11H13N3O4/c1-7-5-9(14(17)18)10(12-6-7)13-4-2-3-8(13)11(15)16/h5-6,8H,2-4H2,1H3,(H,15,16)/t8-/m0/s1. The molecule has 1 aromatic heterocycles. The van der Waals surface area contributed by atoms with Crippen LogP contribution in [0.1, 0.15) is 18.4 Å². The number of aryl methyl sites for hydroxylation is 1. The fourth-order valence-electron chi connectivity index (χ4n) is 2.18. The molecule has 1 atom stereocenters. The largest absolute Gasteiger partial charge is 0.480 e. The summed E-state index contributed by atoms with van der Waals surface area (Å²) < 4.78 is 0. The minimum atomic E-state index is -0.968. The van der Waals surface area contributed by atoms with E-state index < -0.39 is 16.9 Å². The topological polar surface area (TPSA) is 96.6 Å². The van der Waals surface area contributed by atoms with Crippen LogP contribution in [-0.4, -0.2) is 33.6 Å². The zero-order valence-electron chi connectivity index (χ0n) is 9.87. The predicted molar refractivity (Wildman–Crippen MR) is 63.6 cm³/mol. The molecule has 0 spiro atoms. The maximum Gasteiger partial charge on any atom is 0.326 e. The Balaban J connectivity index is 2.44. The Morgan fingerprint density at radius 3 is 3.00 bits per heavy atom. The first-order chi connectivity index (χ1) is 8.50. The van der Waals surface area contributed by atoms with E-state index in [1.807, 2.05) is 0 Å². The molecule has 2 rings (SSSR count). The summed E-state index contributed by atoms with van der Waals surface area (Å²) in [5.41, 5.74) is 0.541. The number of aliphatic carboxylic acids is 1. The Kier molecular flexibility index (Phi) is 3.14. The second-order valence-corrected chi connectivity index (χ2v) is 4.30. The maximum atomic E-state index is 11.1. The molecule has 0 aromatic carbocycles. The van der Waals surface area contributed by atoms with Crippen molar-refractivity contribution in [3.05, 3.63) is 27.9 Å². The lowest BCUT2D eigenvalue weighted by Crippen LogP contribution is -2.36. The van der Waals surface area contributed by atoms with Gasteiger partial charge >= 0.3 is 11.7 Å². The van der Waals surface area contributed by atoms with Crippen LogP contribution in [0.15, 0.2) is 12.3 Å². The summed E-state index contributed by atoms with van der Waals surface area (Å²) in [5, 5.41) is 20.1. The first-order valence-electron chi connectivity index (χ1n) is 5.61. The second kappa shape index (κ2) is 4.59. The number of aromatic nitrogens is 1. The van der Waals surface area contributed by atoms with Crippen molar-refractivity contribution in [1.29, 1.82) is 0 Å². The molecule has 0 amide bonds. The molecule has 1 aliphatic heterocycles. The number of carboxylic acids is 1. The fourth-order valence-corrected chi connectivity index (χ4v) is 2.18. The third-order valence-corrected chi connectivity index (χ3v) is 2.99. The molecule has 0 radical (unpaired) electrons. The molecular formula is C11H13N3O4. The summed E-state index contributed by atoms with van der Waals surface area (Å²) in [7, 11) is 0. The molecule has 96 valence electrons. The van der Waals surface area contributed by atoms with Crippen LogP contribution in [0.4, 0.5) is 11.5 Å². The monoisotopic (exact) mass is 251 g/mol. The Morgan fingerprint density at radius 1 is 1.67 bits per heavy atom. The van der Waals surface area contributed by atoms with Gasteiger partial charge in [-0.25, -0.2) is 9.78 Å². The van der Waals surface area contributed by atoms with E-state index in [1.165, 1.54) is 17.2 Å². The summed E-state index contributed by atoms with van der Waals surface area (Å²) >= 11 is 0.